The highest BCUT2D eigenvalue weighted by atomic mass is 79.9. The summed E-state index contributed by atoms with van der Waals surface area (Å²) in [4.78, 5) is 10.8. The second-order valence-electron chi connectivity index (χ2n) is 4.29. The molecule has 5 nitrogen and oxygen atoms in total. The van der Waals surface area contributed by atoms with Crippen molar-refractivity contribution in [2.24, 2.45) is 5.73 Å². The van der Waals surface area contributed by atoms with Crippen molar-refractivity contribution in [2.45, 2.75) is 19.4 Å². The molecule has 1 aromatic carbocycles. The van der Waals surface area contributed by atoms with Crippen LogP contribution in [0.5, 0.6) is 5.75 Å². The fraction of sp³-hybridized carbons (Fsp3) is 0.308. The number of furan rings is 1. The number of aliphatic carboxylic acids is 1. The summed E-state index contributed by atoms with van der Waals surface area (Å²) in [5.74, 6) is 0.349. The number of nitrogens with two attached hydrogens (primary N) is 1. The Bertz CT molecular complexity index is 635. The number of hydrogen-bond donors (Lipinski definition) is 2. The van der Waals surface area contributed by atoms with E-state index in [0.717, 1.165) is 15.6 Å². The first kappa shape index (κ1) is 13.9. The summed E-state index contributed by atoms with van der Waals surface area (Å²) >= 11 is 3.46. The molecule has 102 valence electrons. The number of benzene rings is 1. The van der Waals surface area contributed by atoms with Gasteiger partial charge in [0.05, 0.1) is 13.5 Å². The van der Waals surface area contributed by atoms with Gasteiger partial charge in [-0.2, -0.15) is 0 Å². The van der Waals surface area contributed by atoms with Gasteiger partial charge in [-0.3, -0.25) is 4.79 Å². The van der Waals surface area contributed by atoms with Crippen molar-refractivity contribution in [2.75, 3.05) is 7.11 Å². The number of carboxylic acid groups (broad SMARTS) is 1. The summed E-state index contributed by atoms with van der Waals surface area (Å²) in [6.45, 7) is 1.84. The summed E-state index contributed by atoms with van der Waals surface area (Å²) in [7, 11) is 1.53. The van der Waals surface area contributed by atoms with Gasteiger partial charge >= 0.3 is 5.97 Å². The van der Waals surface area contributed by atoms with Gasteiger partial charge in [0.2, 0.25) is 0 Å². The smallest absolute Gasteiger partial charge is 0.305 e. The number of aryl methyl sites for hydroxylation is 1. The first-order valence-corrected chi connectivity index (χ1v) is 6.47. The summed E-state index contributed by atoms with van der Waals surface area (Å²) in [5.41, 5.74) is 7.23. The summed E-state index contributed by atoms with van der Waals surface area (Å²) in [6.07, 6.45) is -0.149. The van der Waals surface area contributed by atoms with Crippen LogP contribution in [0.15, 0.2) is 21.0 Å². The minimum atomic E-state index is -0.943. The van der Waals surface area contributed by atoms with Crippen LogP contribution < -0.4 is 10.5 Å². The molecule has 1 aromatic heterocycles. The van der Waals surface area contributed by atoms with Crippen LogP contribution in [-0.4, -0.2) is 18.2 Å². The number of fused-ring (bicyclic) bond motifs is 1. The Balaban J connectivity index is 2.61. The average Bonchev–Trinajstić information content (AvgIpc) is 2.71. The van der Waals surface area contributed by atoms with E-state index in [1.807, 2.05) is 13.0 Å². The molecule has 0 amide bonds. The third kappa shape index (κ3) is 2.59. The predicted molar refractivity (Wildman–Crippen MR) is 74.4 cm³/mol. The normalized spacial score (nSPS) is 12.6. The van der Waals surface area contributed by atoms with Gasteiger partial charge in [0.1, 0.15) is 5.76 Å². The zero-order chi connectivity index (χ0) is 14.2. The molecular formula is C13H14BrNO4. The van der Waals surface area contributed by atoms with Crippen LogP contribution in [0.1, 0.15) is 23.8 Å². The Kier molecular flexibility index (Phi) is 3.82. The molecule has 2 aromatic rings. The first-order chi connectivity index (χ1) is 8.93. The van der Waals surface area contributed by atoms with Crippen molar-refractivity contribution in [3.63, 3.8) is 0 Å². The average molecular weight is 328 g/mol. The number of halogens is 1. The molecule has 1 atom stereocenters. The quantitative estimate of drug-likeness (QED) is 0.901. The zero-order valence-electron chi connectivity index (χ0n) is 10.6. The minimum Gasteiger partial charge on any atom is -0.493 e. The minimum absolute atomic E-state index is 0.149. The van der Waals surface area contributed by atoms with Gasteiger partial charge < -0.3 is 20.0 Å². The molecule has 0 aliphatic heterocycles. The van der Waals surface area contributed by atoms with Crippen LogP contribution in [0.4, 0.5) is 0 Å². The summed E-state index contributed by atoms with van der Waals surface area (Å²) < 4.78 is 11.6. The Morgan fingerprint density at radius 2 is 2.26 bits per heavy atom. The number of ether oxygens (including phenoxy) is 1. The van der Waals surface area contributed by atoms with Crippen LogP contribution in [-0.2, 0) is 4.79 Å². The van der Waals surface area contributed by atoms with Gasteiger partial charge in [0.15, 0.2) is 11.3 Å². The lowest BCUT2D eigenvalue weighted by Crippen LogP contribution is -2.15. The van der Waals surface area contributed by atoms with Crippen LogP contribution in [0.3, 0.4) is 0 Å². The molecule has 19 heavy (non-hydrogen) atoms. The molecule has 1 heterocycles. The van der Waals surface area contributed by atoms with Gasteiger partial charge in [-0.05, 0) is 40.5 Å². The van der Waals surface area contributed by atoms with Gasteiger partial charge in [0.25, 0.3) is 0 Å². The summed E-state index contributed by atoms with van der Waals surface area (Å²) in [5, 5.41) is 9.66. The molecule has 0 aliphatic rings. The fourth-order valence-electron chi connectivity index (χ4n) is 2.01. The Labute approximate surface area is 118 Å². The molecule has 2 rings (SSSR count). The highest BCUT2D eigenvalue weighted by molar-refractivity contribution is 9.10. The van der Waals surface area contributed by atoms with E-state index in [2.05, 4.69) is 15.9 Å². The molecule has 0 aliphatic carbocycles. The van der Waals surface area contributed by atoms with Crippen molar-refractivity contribution < 1.29 is 19.1 Å². The van der Waals surface area contributed by atoms with Crippen LogP contribution in [0, 0.1) is 6.92 Å². The molecule has 0 saturated heterocycles. The lowest BCUT2D eigenvalue weighted by atomic mass is 10.0. The van der Waals surface area contributed by atoms with E-state index in [9.17, 15) is 4.79 Å². The second-order valence-corrected chi connectivity index (χ2v) is 5.08. The van der Waals surface area contributed by atoms with Gasteiger partial charge in [-0.1, -0.05) is 0 Å². The maximum absolute atomic E-state index is 10.8. The highest BCUT2D eigenvalue weighted by Gasteiger charge is 2.20. The van der Waals surface area contributed by atoms with Gasteiger partial charge in [-0.15, -0.1) is 0 Å². The van der Waals surface area contributed by atoms with E-state index in [0.29, 0.717) is 16.9 Å². The lowest BCUT2D eigenvalue weighted by molar-refractivity contribution is -0.137. The van der Waals surface area contributed by atoms with E-state index < -0.39 is 12.0 Å². The molecule has 0 radical (unpaired) electrons. The standard InChI is InChI=1S/C13H14BrNO4/c1-6-3-8-12(14)7(9(15)5-11(16)17)4-10(18-2)13(8)19-6/h3-4,9H,5,15H2,1-2H3,(H,16,17). The molecular weight excluding hydrogens is 314 g/mol. The Morgan fingerprint density at radius 3 is 2.84 bits per heavy atom. The molecule has 0 bridgehead atoms. The monoisotopic (exact) mass is 327 g/mol. The van der Waals surface area contributed by atoms with Crippen LogP contribution >= 0.6 is 15.9 Å². The number of hydrogen-bond acceptors (Lipinski definition) is 4. The van der Waals surface area contributed by atoms with Crippen molar-refractivity contribution in [3.05, 3.63) is 27.9 Å². The molecule has 3 N–H and O–H groups in total. The lowest BCUT2D eigenvalue weighted by Gasteiger charge is -2.14. The van der Waals surface area contributed by atoms with Crippen molar-refractivity contribution >= 4 is 32.9 Å². The second kappa shape index (κ2) is 5.22. The number of carbonyl (C=O) groups is 1. The zero-order valence-corrected chi connectivity index (χ0v) is 12.2. The van der Waals surface area contributed by atoms with Gasteiger partial charge in [0, 0.05) is 15.9 Å². The maximum atomic E-state index is 10.8. The van der Waals surface area contributed by atoms with E-state index >= 15 is 0 Å². The molecule has 0 fully saturated rings. The highest BCUT2D eigenvalue weighted by Crippen LogP contribution is 2.39. The van der Waals surface area contributed by atoms with E-state index in [1.165, 1.54) is 7.11 Å². The fourth-order valence-corrected chi connectivity index (χ4v) is 2.71. The predicted octanol–water partition coefficient (Wildman–Crippen LogP) is 2.99. The molecule has 6 heteroatoms. The third-order valence-corrected chi connectivity index (χ3v) is 3.75. The van der Waals surface area contributed by atoms with Crippen LogP contribution in [0.25, 0.3) is 11.0 Å². The number of carboxylic acids is 1. The Morgan fingerprint density at radius 1 is 1.58 bits per heavy atom. The molecule has 0 spiro atoms. The van der Waals surface area contributed by atoms with E-state index in [4.69, 9.17) is 20.0 Å². The molecule has 0 saturated carbocycles. The van der Waals surface area contributed by atoms with E-state index in [-0.39, 0.29) is 6.42 Å². The van der Waals surface area contributed by atoms with E-state index in [1.54, 1.807) is 6.07 Å². The Hall–Kier alpha value is -1.53. The van der Waals surface area contributed by atoms with Gasteiger partial charge in [-0.25, -0.2) is 0 Å². The van der Waals surface area contributed by atoms with Crippen LogP contribution in [0.2, 0.25) is 0 Å². The molecule has 1 unspecified atom stereocenters. The maximum Gasteiger partial charge on any atom is 0.305 e. The largest absolute Gasteiger partial charge is 0.493 e. The topological polar surface area (TPSA) is 85.7 Å². The van der Waals surface area contributed by atoms with Crippen molar-refractivity contribution in [1.82, 2.24) is 0 Å². The van der Waals surface area contributed by atoms with Crippen molar-refractivity contribution in [1.29, 1.82) is 0 Å². The third-order valence-electron chi connectivity index (χ3n) is 2.87. The first-order valence-electron chi connectivity index (χ1n) is 5.68. The SMILES string of the molecule is COc1cc(C(N)CC(=O)O)c(Br)c2cc(C)oc12. The number of methoxy groups -OCH3 is 1. The summed E-state index contributed by atoms with van der Waals surface area (Å²) in [6, 6.07) is 2.96. The van der Waals surface area contributed by atoms with Crippen molar-refractivity contribution in [3.8, 4) is 5.75 Å². The number of rotatable bonds is 4.